The minimum atomic E-state index is -1.34. The molecule has 0 aromatic carbocycles. The first-order valence-electron chi connectivity index (χ1n) is 4.41. The fourth-order valence-electron chi connectivity index (χ4n) is 0.973. The second-order valence-electron chi connectivity index (χ2n) is 3.65. The highest BCUT2D eigenvalue weighted by molar-refractivity contribution is 5.95. The van der Waals surface area contributed by atoms with E-state index >= 15 is 0 Å². The first-order chi connectivity index (χ1) is 7.37. The summed E-state index contributed by atoms with van der Waals surface area (Å²) in [7, 11) is 0. The molecule has 1 N–H and O–H groups in total. The standard InChI is InChI=1S/C10H9F2N3O/c1-10(2,5-13)15-9(16)6-3-4-14-8(12)7(6)11/h3-4H,1-2H3,(H,15,16). The number of nitrogens with zero attached hydrogens (tertiary/aromatic N) is 2. The van der Waals surface area contributed by atoms with Crippen LogP contribution >= 0.6 is 0 Å². The second-order valence-corrected chi connectivity index (χ2v) is 3.65. The molecule has 1 rings (SSSR count). The molecule has 0 bridgehead atoms. The van der Waals surface area contributed by atoms with Crippen molar-refractivity contribution in [2.24, 2.45) is 0 Å². The molecule has 1 aromatic rings. The predicted molar refractivity (Wildman–Crippen MR) is 51.3 cm³/mol. The van der Waals surface area contributed by atoms with Gasteiger partial charge in [0.15, 0.2) is 5.82 Å². The van der Waals surface area contributed by atoms with Crippen LogP contribution in [0.2, 0.25) is 0 Å². The van der Waals surface area contributed by atoms with Crippen LogP contribution in [0.15, 0.2) is 12.3 Å². The molecular weight excluding hydrogens is 216 g/mol. The summed E-state index contributed by atoms with van der Waals surface area (Å²) in [6.07, 6.45) is 0.979. The van der Waals surface area contributed by atoms with E-state index < -0.39 is 28.8 Å². The van der Waals surface area contributed by atoms with Gasteiger partial charge in [-0.05, 0) is 19.9 Å². The number of halogens is 2. The number of nitrogens with one attached hydrogen (secondary N) is 1. The maximum atomic E-state index is 13.1. The average Bonchev–Trinajstić information content (AvgIpc) is 2.21. The second kappa shape index (κ2) is 4.23. The van der Waals surface area contributed by atoms with E-state index in [0.717, 1.165) is 12.3 Å². The van der Waals surface area contributed by atoms with Crippen LogP contribution in [-0.2, 0) is 0 Å². The van der Waals surface area contributed by atoms with E-state index in [1.165, 1.54) is 13.8 Å². The number of carbonyl (C=O) groups excluding carboxylic acids is 1. The number of hydrogen-bond acceptors (Lipinski definition) is 3. The van der Waals surface area contributed by atoms with E-state index in [2.05, 4.69) is 10.3 Å². The van der Waals surface area contributed by atoms with E-state index in [-0.39, 0.29) is 0 Å². The van der Waals surface area contributed by atoms with Crippen molar-refractivity contribution in [3.63, 3.8) is 0 Å². The van der Waals surface area contributed by atoms with Crippen LogP contribution in [0.1, 0.15) is 24.2 Å². The number of carbonyl (C=O) groups is 1. The first-order valence-corrected chi connectivity index (χ1v) is 4.41. The fraction of sp³-hybridized carbons (Fsp3) is 0.300. The molecule has 6 heteroatoms. The molecule has 84 valence electrons. The van der Waals surface area contributed by atoms with Gasteiger partial charge in [-0.25, -0.2) is 9.37 Å². The molecule has 0 aliphatic rings. The SMILES string of the molecule is CC(C)(C#N)NC(=O)c1ccnc(F)c1F. The zero-order valence-corrected chi connectivity index (χ0v) is 8.71. The van der Waals surface area contributed by atoms with Gasteiger partial charge in [-0.2, -0.15) is 9.65 Å². The average molecular weight is 225 g/mol. The molecule has 1 heterocycles. The maximum Gasteiger partial charge on any atom is 0.255 e. The van der Waals surface area contributed by atoms with Gasteiger partial charge in [-0.15, -0.1) is 0 Å². The normalized spacial score (nSPS) is 10.7. The molecule has 0 atom stereocenters. The van der Waals surface area contributed by atoms with Gasteiger partial charge in [0.1, 0.15) is 5.54 Å². The smallest absolute Gasteiger partial charge is 0.255 e. The highest BCUT2D eigenvalue weighted by Crippen LogP contribution is 2.10. The molecule has 0 radical (unpaired) electrons. The van der Waals surface area contributed by atoms with E-state index in [1.54, 1.807) is 0 Å². The maximum absolute atomic E-state index is 13.1. The number of rotatable bonds is 2. The van der Waals surface area contributed by atoms with Crippen LogP contribution in [0.4, 0.5) is 8.78 Å². The largest absolute Gasteiger partial charge is 0.334 e. The highest BCUT2D eigenvalue weighted by Gasteiger charge is 2.23. The van der Waals surface area contributed by atoms with E-state index in [0.29, 0.717) is 0 Å². The summed E-state index contributed by atoms with van der Waals surface area (Å²) in [6.45, 7) is 2.89. The van der Waals surface area contributed by atoms with Crippen molar-refractivity contribution in [1.82, 2.24) is 10.3 Å². The summed E-state index contributed by atoms with van der Waals surface area (Å²) < 4.78 is 25.9. The van der Waals surface area contributed by atoms with E-state index in [1.807, 2.05) is 6.07 Å². The molecule has 0 spiro atoms. The summed E-state index contributed by atoms with van der Waals surface area (Å²) >= 11 is 0. The fourth-order valence-corrected chi connectivity index (χ4v) is 0.973. The Kier molecular flexibility index (Phi) is 3.18. The molecule has 1 amide bonds. The third-order valence-corrected chi connectivity index (χ3v) is 1.80. The monoisotopic (exact) mass is 225 g/mol. The molecule has 0 unspecified atom stereocenters. The lowest BCUT2D eigenvalue weighted by Crippen LogP contribution is -2.42. The molecule has 16 heavy (non-hydrogen) atoms. The van der Waals surface area contributed by atoms with Gasteiger partial charge in [0.2, 0.25) is 5.95 Å². The van der Waals surface area contributed by atoms with Gasteiger partial charge in [0.25, 0.3) is 5.91 Å². The number of pyridine rings is 1. The Labute approximate surface area is 90.9 Å². The Morgan fingerprint density at radius 3 is 2.75 bits per heavy atom. The van der Waals surface area contributed by atoms with Crippen molar-refractivity contribution in [2.75, 3.05) is 0 Å². The summed E-state index contributed by atoms with van der Waals surface area (Å²) in [4.78, 5) is 14.5. The Morgan fingerprint density at radius 2 is 2.19 bits per heavy atom. The van der Waals surface area contributed by atoms with E-state index in [4.69, 9.17) is 5.26 Å². The summed E-state index contributed by atoms with van der Waals surface area (Å²) in [5.41, 5.74) is -1.63. The van der Waals surface area contributed by atoms with Crippen LogP contribution in [0.3, 0.4) is 0 Å². The van der Waals surface area contributed by atoms with Gasteiger partial charge in [-0.1, -0.05) is 0 Å². The highest BCUT2D eigenvalue weighted by atomic mass is 19.2. The van der Waals surface area contributed by atoms with Gasteiger partial charge in [-0.3, -0.25) is 4.79 Å². The topological polar surface area (TPSA) is 65.8 Å². The molecule has 1 aromatic heterocycles. The predicted octanol–water partition coefficient (Wildman–Crippen LogP) is 1.39. The Morgan fingerprint density at radius 1 is 1.56 bits per heavy atom. The number of nitriles is 1. The number of hydrogen-bond donors (Lipinski definition) is 1. The molecule has 0 fully saturated rings. The third kappa shape index (κ3) is 2.51. The molecule has 0 saturated heterocycles. The van der Waals surface area contributed by atoms with Crippen LogP contribution in [0.5, 0.6) is 0 Å². The van der Waals surface area contributed by atoms with Crippen molar-refractivity contribution in [1.29, 1.82) is 5.26 Å². The van der Waals surface area contributed by atoms with Crippen molar-refractivity contribution >= 4 is 5.91 Å². The summed E-state index contributed by atoms with van der Waals surface area (Å²) in [5.74, 6) is -3.53. The summed E-state index contributed by atoms with van der Waals surface area (Å²) in [5, 5.41) is 10.9. The quantitative estimate of drug-likeness (QED) is 0.773. The lowest BCUT2D eigenvalue weighted by atomic mass is 10.1. The molecule has 0 aliphatic heterocycles. The number of aromatic nitrogens is 1. The molecule has 4 nitrogen and oxygen atoms in total. The Balaban J connectivity index is 2.99. The van der Waals surface area contributed by atoms with Crippen LogP contribution in [0, 0.1) is 23.1 Å². The van der Waals surface area contributed by atoms with Crippen molar-refractivity contribution in [2.45, 2.75) is 19.4 Å². The van der Waals surface area contributed by atoms with Crippen LogP contribution < -0.4 is 5.32 Å². The van der Waals surface area contributed by atoms with Crippen molar-refractivity contribution in [3.8, 4) is 6.07 Å². The van der Waals surface area contributed by atoms with Gasteiger partial charge in [0, 0.05) is 6.20 Å². The van der Waals surface area contributed by atoms with Gasteiger partial charge < -0.3 is 5.32 Å². The van der Waals surface area contributed by atoms with Crippen LogP contribution in [0.25, 0.3) is 0 Å². The Hall–Kier alpha value is -2.03. The first kappa shape index (κ1) is 12.0. The van der Waals surface area contributed by atoms with Gasteiger partial charge >= 0.3 is 0 Å². The molecule has 0 aliphatic carbocycles. The van der Waals surface area contributed by atoms with Crippen molar-refractivity contribution in [3.05, 3.63) is 29.6 Å². The zero-order chi connectivity index (χ0) is 12.3. The van der Waals surface area contributed by atoms with E-state index in [9.17, 15) is 13.6 Å². The minimum absolute atomic E-state index is 0.476. The minimum Gasteiger partial charge on any atom is -0.334 e. The van der Waals surface area contributed by atoms with Crippen LogP contribution in [-0.4, -0.2) is 16.4 Å². The Bertz CT molecular complexity index is 466. The summed E-state index contributed by atoms with van der Waals surface area (Å²) in [6, 6.07) is 2.86. The number of amides is 1. The molecule has 0 saturated carbocycles. The lowest BCUT2D eigenvalue weighted by Gasteiger charge is -2.17. The zero-order valence-electron chi connectivity index (χ0n) is 8.71. The van der Waals surface area contributed by atoms with Gasteiger partial charge in [0.05, 0.1) is 11.6 Å². The molecular formula is C10H9F2N3O. The van der Waals surface area contributed by atoms with Crippen molar-refractivity contribution < 1.29 is 13.6 Å². The third-order valence-electron chi connectivity index (χ3n) is 1.80. The lowest BCUT2D eigenvalue weighted by molar-refractivity contribution is 0.0923.